The zero-order chi connectivity index (χ0) is 13.0. The predicted octanol–water partition coefficient (Wildman–Crippen LogP) is 3.06. The summed E-state index contributed by atoms with van der Waals surface area (Å²) in [5.74, 6) is 1.12. The van der Waals surface area contributed by atoms with Gasteiger partial charge in [0.2, 0.25) is 5.76 Å². The summed E-state index contributed by atoms with van der Waals surface area (Å²) in [6, 6.07) is 10.4. The molecule has 2 rings (SSSR count). The third-order valence-electron chi connectivity index (χ3n) is 2.28. The fourth-order valence-corrected chi connectivity index (χ4v) is 2.24. The van der Waals surface area contributed by atoms with Crippen molar-refractivity contribution in [3.05, 3.63) is 47.9 Å². The molecule has 0 saturated heterocycles. The van der Waals surface area contributed by atoms with Crippen molar-refractivity contribution in [1.82, 2.24) is 0 Å². The monoisotopic (exact) mass is 264 g/mol. The second-order valence-corrected chi connectivity index (χ2v) is 4.53. The van der Waals surface area contributed by atoms with E-state index in [1.807, 2.05) is 12.1 Å². The third-order valence-corrected chi connectivity index (χ3v) is 3.37. The molecule has 1 aromatic heterocycles. The Hall–Kier alpha value is -1.88. The van der Waals surface area contributed by atoms with Crippen LogP contribution in [0.25, 0.3) is 0 Å². The molecule has 0 amide bonds. The number of hydrogen-bond donors (Lipinski definition) is 1. The number of furan rings is 1. The fourth-order valence-electron chi connectivity index (χ4n) is 1.39. The maximum atomic E-state index is 11.2. The van der Waals surface area contributed by atoms with Crippen LogP contribution in [-0.2, 0) is 10.5 Å². The Balaban J connectivity index is 2.01. The van der Waals surface area contributed by atoms with Gasteiger partial charge in [0.05, 0.1) is 12.9 Å². The van der Waals surface area contributed by atoms with Gasteiger partial charge in [0.25, 0.3) is 0 Å². The number of carbonyl (C=O) groups excluding carboxylic acids is 1. The SMILES string of the molecule is COC(=O)c1ccc(CSc2ccccc2O)o1. The summed E-state index contributed by atoms with van der Waals surface area (Å²) in [6.07, 6.45) is 0. The topological polar surface area (TPSA) is 59.7 Å². The summed E-state index contributed by atoms with van der Waals surface area (Å²) in [5, 5.41) is 9.59. The summed E-state index contributed by atoms with van der Waals surface area (Å²) in [5.41, 5.74) is 0. The first-order valence-corrected chi connectivity index (χ1v) is 6.27. The minimum Gasteiger partial charge on any atom is -0.507 e. The molecule has 0 unspecified atom stereocenters. The zero-order valence-electron chi connectivity index (χ0n) is 9.75. The van der Waals surface area contributed by atoms with E-state index < -0.39 is 5.97 Å². The number of phenols is 1. The van der Waals surface area contributed by atoms with E-state index in [0.29, 0.717) is 11.5 Å². The maximum absolute atomic E-state index is 11.2. The first kappa shape index (κ1) is 12.6. The van der Waals surface area contributed by atoms with Crippen molar-refractivity contribution in [2.45, 2.75) is 10.6 Å². The van der Waals surface area contributed by atoms with Gasteiger partial charge in [-0.15, -0.1) is 11.8 Å². The average molecular weight is 264 g/mol. The molecule has 0 aliphatic heterocycles. The summed E-state index contributed by atoms with van der Waals surface area (Å²) in [7, 11) is 1.31. The van der Waals surface area contributed by atoms with E-state index in [1.54, 1.807) is 24.3 Å². The number of para-hydroxylation sites is 1. The Kier molecular flexibility index (Phi) is 3.94. The van der Waals surface area contributed by atoms with Gasteiger partial charge < -0.3 is 14.3 Å². The Labute approximate surface area is 109 Å². The number of ether oxygens (including phenoxy) is 1. The largest absolute Gasteiger partial charge is 0.507 e. The van der Waals surface area contributed by atoms with E-state index in [0.717, 1.165) is 4.90 Å². The molecule has 4 nitrogen and oxygen atoms in total. The lowest BCUT2D eigenvalue weighted by Gasteiger charge is -2.01. The molecule has 0 aliphatic rings. The molecule has 0 fully saturated rings. The predicted molar refractivity (Wildman–Crippen MR) is 67.7 cm³/mol. The molecular weight excluding hydrogens is 252 g/mol. The van der Waals surface area contributed by atoms with Crippen molar-refractivity contribution in [2.24, 2.45) is 0 Å². The van der Waals surface area contributed by atoms with E-state index in [9.17, 15) is 9.90 Å². The van der Waals surface area contributed by atoms with Crippen LogP contribution in [0.2, 0.25) is 0 Å². The molecule has 2 aromatic rings. The number of carbonyl (C=O) groups is 1. The summed E-state index contributed by atoms with van der Waals surface area (Å²) in [4.78, 5) is 12.0. The van der Waals surface area contributed by atoms with Gasteiger partial charge in [0.1, 0.15) is 11.5 Å². The van der Waals surface area contributed by atoms with Crippen LogP contribution < -0.4 is 0 Å². The van der Waals surface area contributed by atoms with Gasteiger partial charge in [-0.1, -0.05) is 12.1 Å². The molecule has 0 atom stereocenters. The van der Waals surface area contributed by atoms with Crippen LogP contribution in [0, 0.1) is 0 Å². The van der Waals surface area contributed by atoms with Crippen molar-refractivity contribution in [1.29, 1.82) is 0 Å². The number of hydrogen-bond acceptors (Lipinski definition) is 5. The molecule has 94 valence electrons. The average Bonchev–Trinajstić information content (AvgIpc) is 2.86. The molecule has 5 heteroatoms. The minimum absolute atomic E-state index is 0.186. The van der Waals surface area contributed by atoms with Gasteiger partial charge in [-0.3, -0.25) is 0 Å². The lowest BCUT2D eigenvalue weighted by Crippen LogP contribution is -1.98. The Morgan fingerprint density at radius 1 is 1.33 bits per heavy atom. The van der Waals surface area contributed by atoms with Gasteiger partial charge in [0.15, 0.2) is 0 Å². The second kappa shape index (κ2) is 5.64. The minimum atomic E-state index is -0.492. The Morgan fingerprint density at radius 2 is 2.11 bits per heavy atom. The summed E-state index contributed by atoms with van der Waals surface area (Å²) < 4.78 is 9.87. The standard InChI is InChI=1S/C13H12O4S/c1-16-13(15)11-7-6-9(17-11)8-18-12-5-3-2-4-10(12)14/h2-7,14H,8H2,1H3. The molecule has 1 heterocycles. The maximum Gasteiger partial charge on any atom is 0.373 e. The van der Waals surface area contributed by atoms with E-state index in [2.05, 4.69) is 4.74 Å². The third kappa shape index (κ3) is 2.87. The van der Waals surface area contributed by atoms with Crippen LogP contribution in [0.4, 0.5) is 0 Å². The number of rotatable bonds is 4. The first-order valence-electron chi connectivity index (χ1n) is 5.28. The number of phenolic OH excluding ortho intramolecular Hbond substituents is 1. The Bertz CT molecular complexity index is 547. The van der Waals surface area contributed by atoms with Gasteiger partial charge in [-0.05, 0) is 24.3 Å². The molecule has 0 radical (unpaired) electrons. The van der Waals surface area contributed by atoms with Crippen LogP contribution in [0.1, 0.15) is 16.3 Å². The number of benzene rings is 1. The molecule has 0 bridgehead atoms. The van der Waals surface area contributed by atoms with Gasteiger partial charge in [-0.2, -0.15) is 0 Å². The van der Waals surface area contributed by atoms with Crippen molar-refractivity contribution in [2.75, 3.05) is 7.11 Å². The van der Waals surface area contributed by atoms with Crippen molar-refractivity contribution >= 4 is 17.7 Å². The highest BCUT2D eigenvalue weighted by atomic mass is 32.2. The zero-order valence-corrected chi connectivity index (χ0v) is 10.6. The van der Waals surface area contributed by atoms with E-state index >= 15 is 0 Å². The van der Waals surface area contributed by atoms with E-state index in [-0.39, 0.29) is 11.5 Å². The van der Waals surface area contributed by atoms with Gasteiger partial charge in [0, 0.05) is 4.90 Å². The van der Waals surface area contributed by atoms with Gasteiger partial charge >= 0.3 is 5.97 Å². The van der Waals surface area contributed by atoms with E-state index in [4.69, 9.17) is 4.42 Å². The summed E-state index contributed by atoms with van der Waals surface area (Å²) in [6.45, 7) is 0. The van der Waals surface area contributed by atoms with Crippen LogP contribution in [-0.4, -0.2) is 18.2 Å². The lowest BCUT2D eigenvalue weighted by molar-refractivity contribution is 0.0563. The molecule has 0 saturated carbocycles. The lowest BCUT2D eigenvalue weighted by atomic mass is 10.3. The highest BCUT2D eigenvalue weighted by Gasteiger charge is 2.11. The van der Waals surface area contributed by atoms with Crippen LogP contribution >= 0.6 is 11.8 Å². The molecular formula is C13H12O4S. The van der Waals surface area contributed by atoms with Crippen LogP contribution in [0.15, 0.2) is 45.7 Å². The number of thioether (sulfide) groups is 1. The van der Waals surface area contributed by atoms with Crippen molar-refractivity contribution < 1.29 is 19.1 Å². The normalized spacial score (nSPS) is 10.3. The van der Waals surface area contributed by atoms with Crippen LogP contribution in [0.5, 0.6) is 5.75 Å². The Morgan fingerprint density at radius 3 is 2.83 bits per heavy atom. The molecule has 0 aliphatic carbocycles. The van der Waals surface area contributed by atoms with Crippen molar-refractivity contribution in [3.63, 3.8) is 0 Å². The van der Waals surface area contributed by atoms with Crippen LogP contribution in [0.3, 0.4) is 0 Å². The second-order valence-electron chi connectivity index (χ2n) is 3.51. The number of aromatic hydroxyl groups is 1. The highest BCUT2D eigenvalue weighted by Crippen LogP contribution is 2.30. The smallest absolute Gasteiger partial charge is 0.373 e. The summed E-state index contributed by atoms with van der Waals surface area (Å²) >= 11 is 1.44. The fraction of sp³-hybridized carbons (Fsp3) is 0.154. The quantitative estimate of drug-likeness (QED) is 0.679. The molecule has 1 N–H and O–H groups in total. The highest BCUT2D eigenvalue weighted by molar-refractivity contribution is 7.98. The number of esters is 1. The van der Waals surface area contributed by atoms with Crippen molar-refractivity contribution in [3.8, 4) is 5.75 Å². The molecule has 1 aromatic carbocycles. The first-order chi connectivity index (χ1) is 8.70. The molecule has 0 spiro atoms. The number of methoxy groups -OCH3 is 1. The van der Waals surface area contributed by atoms with E-state index in [1.165, 1.54) is 18.9 Å². The van der Waals surface area contributed by atoms with Gasteiger partial charge in [-0.25, -0.2) is 4.79 Å². The molecule has 18 heavy (non-hydrogen) atoms.